The Bertz CT molecular complexity index is 1180. The molecule has 0 heterocycles. The summed E-state index contributed by atoms with van der Waals surface area (Å²) >= 11 is 0. The van der Waals surface area contributed by atoms with Crippen LogP contribution < -0.4 is 0 Å². The van der Waals surface area contributed by atoms with Crippen molar-refractivity contribution in [3.05, 3.63) is 23.3 Å². The zero-order valence-electron chi connectivity index (χ0n) is 23.1. The van der Waals surface area contributed by atoms with E-state index in [4.69, 9.17) is 18.9 Å². The Kier molecular flexibility index (Phi) is 6.46. The molecule has 4 aliphatic rings. The molecule has 10 nitrogen and oxygen atoms in total. The Hall–Kier alpha value is -3.01. The van der Waals surface area contributed by atoms with Gasteiger partial charge in [0, 0.05) is 57.3 Å². The topological polar surface area (TPSA) is 143 Å². The van der Waals surface area contributed by atoms with Crippen LogP contribution in [0.1, 0.15) is 61.8 Å². The zero-order chi connectivity index (χ0) is 28.6. The minimum absolute atomic E-state index is 0.103. The van der Waals surface area contributed by atoms with Gasteiger partial charge in [-0.25, -0.2) is 0 Å². The summed E-state index contributed by atoms with van der Waals surface area (Å²) in [7, 11) is 0. The predicted octanol–water partition coefficient (Wildman–Crippen LogP) is 2.21. The van der Waals surface area contributed by atoms with Crippen molar-refractivity contribution in [3.63, 3.8) is 0 Å². The highest BCUT2D eigenvalue weighted by atomic mass is 16.6. The molecule has 38 heavy (non-hydrogen) atoms. The smallest absolute Gasteiger partial charge is 0.303 e. The van der Waals surface area contributed by atoms with Gasteiger partial charge in [0.25, 0.3) is 0 Å². The normalized spacial score (nSPS) is 40.2. The largest absolute Gasteiger partial charge is 0.461 e. The van der Waals surface area contributed by atoms with Crippen LogP contribution in [-0.4, -0.2) is 64.3 Å². The van der Waals surface area contributed by atoms with Gasteiger partial charge in [0.05, 0.1) is 11.5 Å². The van der Waals surface area contributed by atoms with Gasteiger partial charge in [-0.2, -0.15) is 0 Å². The van der Waals surface area contributed by atoms with Crippen molar-refractivity contribution >= 4 is 29.7 Å². The van der Waals surface area contributed by atoms with Crippen molar-refractivity contribution in [1.29, 1.82) is 0 Å². The summed E-state index contributed by atoms with van der Waals surface area (Å²) < 4.78 is 22.8. The van der Waals surface area contributed by atoms with Crippen molar-refractivity contribution in [2.75, 3.05) is 6.61 Å². The van der Waals surface area contributed by atoms with E-state index in [1.165, 1.54) is 27.7 Å². The van der Waals surface area contributed by atoms with Crippen LogP contribution in [0.2, 0.25) is 0 Å². The van der Waals surface area contributed by atoms with Crippen LogP contribution in [0.4, 0.5) is 0 Å². The minimum Gasteiger partial charge on any atom is -0.461 e. The average Bonchev–Trinajstić information content (AvgIpc) is 3.19. The Labute approximate surface area is 221 Å². The van der Waals surface area contributed by atoms with E-state index >= 15 is 0 Å². The molecule has 0 bridgehead atoms. The number of Topliss-reactive ketones (excluding diaryl/α,β-unsaturated/α-hetero) is 1. The summed E-state index contributed by atoms with van der Waals surface area (Å²) in [4.78, 5) is 62.4. The maximum absolute atomic E-state index is 13.7. The molecule has 10 heteroatoms. The monoisotopic (exact) mass is 532 g/mol. The van der Waals surface area contributed by atoms with Crippen molar-refractivity contribution in [2.24, 2.45) is 29.1 Å². The number of carbonyl (C=O) groups excluding carboxylic acids is 5. The fourth-order valence-corrected chi connectivity index (χ4v) is 7.80. The summed E-state index contributed by atoms with van der Waals surface area (Å²) in [6.07, 6.45) is 2.24. The number of esters is 4. The molecule has 4 aliphatic carbocycles. The first-order valence-electron chi connectivity index (χ1n) is 12.8. The number of rotatable bonds is 5. The van der Waals surface area contributed by atoms with Crippen molar-refractivity contribution in [3.8, 4) is 0 Å². The second-order valence-electron chi connectivity index (χ2n) is 11.7. The molecular weight excluding hydrogens is 496 g/mol. The van der Waals surface area contributed by atoms with Gasteiger partial charge in [0.2, 0.25) is 5.78 Å². The van der Waals surface area contributed by atoms with Gasteiger partial charge < -0.3 is 24.1 Å². The molecule has 0 aliphatic heterocycles. The van der Waals surface area contributed by atoms with E-state index in [1.807, 2.05) is 13.8 Å². The molecule has 1 N–H and O–H groups in total. The summed E-state index contributed by atoms with van der Waals surface area (Å²) in [5.41, 5.74) is -4.76. The molecule has 0 unspecified atom stereocenters. The van der Waals surface area contributed by atoms with E-state index in [-0.39, 0.29) is 13.0 Å². The second-order valence-corrected chi connectivity index (χ2v) is 11.7. The molecule has 0 saturated heterocycles. The Morgan fingerprint density at radius 2 is 1.58 bits per heavy atom. The SMILES string of the molecule is CC(=O)OCC1=C[C@H]2[C@@H]3C(C)(C)[C@]3(OC(C)=O)[C@H](OC(C)=O)[C@@H](C)[C@]2(O)[C@@H]2C=C(C)C(=O)[C@]2(OC(C)=O)C1. The lowest BCUT2D eigenvalue weighted by molar-refractivity contribution is -0.230. The number of aliphatic hydroxyl groups is 1. The lowest BCUT2D eigenvalue weighted by atomic mass is 9.59. The third-order valence-corrected chi connectivity index (χ3v) is 9.12. The highest BCUT2D eigenvalue weighted by Crippen LogP contribution is 2.77. The minimum atomic E-state index is -1.79. The first kappa shape index (κ1) is 28.0. The van der Waals surface area contributed by atoms with Gasteiger partial charge >= 0.3 is 23.9 Å². The predicted molar refractivity (Wildman–Crippen MR) is 131 cm³/mol. The molecule has 4 rings (SSSR count). The van der Waals surface area contributed by atoms with Gasteiger partial charge in [-0.05, 0) is 18.1 Å². The van der Waals surface area contributed by atoms with E-state index in [1.54, 1.807) is 26.0 Å². The van der Waals surface area contributed by atoms with Gasteiger partial charge in [0.15, 0.2) is 11.2 Å². The molecule has 0 aromatic heterocycles. The van der Waals surface area contributed by atoms with E-state index in [0.29, 0.717) is 11.1 Å². The van der Waals surface area contributed by atoms with Crippen molar-refractivity contribution in [1.82, 2.24) is 0 Å². The highest BCUT2D eigenvalue weighted by Gasteiger charge is 2.88. The summed E-state index contributed by atoms with van der Waals surface area (Å²) in [5, 5.41) is 12.8. The van der Waals surface area contributed by atoms with Crippen LogP contribution in [0.25, 0.3) is 0 Å². The molecular formula is C28H36O10. The standard InChI is InChI=1S/C28H36O10/c1-13-9-21-26(23(13)33,37-17(5)31)11-19(12-35-15(3)29)10-20-22-25(7,8)28(22,38-18(6)32)24(36-16(4)30)14(2)27(20,21)34/h9-10,14,20-22,24,34H,11-12H2,1-8H3/t14-,20+,21-,22-,24-,26+,27-,28-/m1/s1. The van der Waals surface area contributed by atoms with Crippen molar-refractivity contribution in [2.45, 2.75) is 84.7 Å². The fraction of sp³-hybridized carbons (Fsp3) is 0.679. The van der Waals surface area contributed by atoms with E-state index < -0.39 is 81.7 Å². The average molecular weight is 533 g/mol. The molecule has 0 radical (unpaired) electrons. The first-order chi connectivity index (χ1) is 17.5. The molecule has 0 aromatic rings. The number of fused-ring (bicyclic) bond motifs is 5. The van der Waals surface area contributed by atoms with Crippen LogP contribution in [0.5, 0.6) is 0 Å². The van der Waals surface area contributed by atoms with Crippen LogP contribution >= 0.6 is 0 Å². The van der Waals surface area contributed by atoms with Gasteiger partial charge in [0.1, 0.15) is 12.7 Å². The molecule has 0 aromatic carbocycles. The Balaban J connectivity index is 2.00. The molecule has 2 fully saturated rings. The molecule has 2 saturated carbocycles. The molecule has 0 amide bonds. The van der Waals surface area contributed by atoms with Crippen LogP contribution in [0.15, 0.2) is 23.3 Å². The first-order valence-corrected chi connectivity index (χ1v) is 12.8. The Morgan fingerprint density at radius 3 is 2.11 bits per heavy atom. The molecule has 8 atom stereocenters. The zero-order valence-corrected chi connectivity index (χ0v) is 23.1. The highest BCUT2D eigenvalue weighted by molar-refractivity contribution is 6.06. The van der Waals surface area contributed by atoms with Crippen LogP contribution in [0.3, 0.4) is 0 Å². The third-order valence-electron chi connectivity index (χ3n) is 9.12. The lowest BCUT2D eigenvalue weighted by Gasteiger charge is -2.53. The van der Waals surface area contributed by atoms with Gasteiger partial charge in [-0.3, -0.25) is 24.0 Å². The maximum atomic E-state index is 13.7. The number of ketones is 1. The summed E-state index contributed by atoms with van der Waals surface area (Å²) in [5.74, 6) is -6.02. The third kappa shape index (κ3) is 3.66. The van der Waals surface area contributed by atoms with Gasteiger partial charge in [-0.15, -0.1) is 0 Å². The quantitative estimate of drug-likeness (QED) is 0.318. The number of hydrogen-bond donors (Lipinski definition) is 1. The number of ether oxygens (including phenoxy) is 4. The molecule has 208 valence electrons. The fourth-order valence-electron chi connectivity index (χ4n) is 7.80. The number of carbonyl (C=O) groups is 5. The summed E-state index contributed by atoms with van der Waals surface area (Å²) in [6, 6.07) is 0. The van der Waals surface area contributed by atoms with E-state index in [2.05, 4.69) is 0 Å². The maximum Gasteiger partial charge on any atom is 0.303 e. The lowest BCUT2D eigenvalue weighted by Crippen LogP contribution is -2.66. The summed E-state index contributed by atoms with van der Waals surface area (Å²) in [6.45, 7) is 11.8. The molecule has 0 spiro atoms. The van der Waals surface area contributed by atoms with Crippen LogP contribution in [0, 0.1) is 29.1 Å². The van der Waals surface area contributed by atoms with E-state index in [0.717, 1.165) is 0 Å². The van der Waals surface area contributed by atoms with Crippen molar-refractivity contribution < 1.29 is 48.0 Å². The van der Waals surface area contributed by atoms with E-state index in [9.17, 15) is 29.1 Å². The van der Waals surface area contributed by atoms with Gasteiger partial charge in [-0.1, -0.05) is 32.9 Å². The number of hydrogen-bond acceptors (Lipinski definition) is 10. The second kappa shape index (κ2) is 8.76. The Morgan fingerprint density at radius 1 is 0.974 bits per heavy atom. The van der Waals surface area contributed by atoms with Crippen LogP contribution in [-0.2, 0) is 42.9 Å².